The lowest BCUT2D eigenvalue weighted by Crippen LogP contribution is -2.46. The topological polar surface area (TPSA) is 72.9 Å². The molecule has 6 nitrogen and oxygen atoms in total. The van der Waals surface area contributed by atoms with Crippen molar-refractivity contribution in [2.75, 3.05) is 26.9 Å². The van der Waals surface area contributed by atoms with Gasteiger partial charge < -0.3 is 9.47 Å². The zero-order valence-electron chi connectivity index (χ0n) is 14.7. The van der Waals surface area contributed by atoms with Crippen LogP contribution in [0, 0.1) is 13.8 Å². The van der Waals surface area contributed by atoms with Crippen molar-refractivity contribution < 1.29 is 22.7 Å². The van der Waals surface area contributed by atoms with Crippen LogP contribution in [0.2, 0.25) is 0 Å². The summed E-state index contributed by atoms with van der Waals surface area (Å²) in [5, 5.41) is -0.591. The number of aryl methyl sites for hydroxylation is 2. The number of halogens is 1. The van der Waals surface area contributed by atoms with E-state index in [1.165, 1.54) is 4.31 Å². The third-order valence-electron chi connectivity index (χ3n) is 4.34. The van der Waals surface area contributed by atoms with Gasteiger partial charge in [-0.25, -0.2) is 8.42 Å². The summed E-state index contributed by atoms with van der Waals surface area (Å²) in [5.41, 5.74) is 1.30. The normalized spacial score (nSPS) is 19.0. The molecule has 0 spiro atoms. The molecule has 140 valence electrons. The van der Waals surface area contributed by atoms with Gasteiger partial charge in [0.05, 0.1) is 18.6 Å². The average Bonchev–Trinajstić information content (AvgIpc) is 2.53. The van der Waals surface area contributed by atoms with E-state index in [0.29, 0.717) is 34.7 Å². The first-order chi connectivity index (χ1) is 11.8. The predicted octanol–water partition coefficient (Wildman–Crippen LogP) is 2.64. The first-order valence-electron chi connectivity index (χ1n) is 8.20. The number of carbonyl (C=O) groups is 1. The van der Waals surface area contributed by atoms with Gasteiger partial charge in [-0.1, -0.05) is 6.42 Å². The number of benzene rings is 1. The van der Waals surface area contributed by atoms with Gasteiger partial charge in [0.1, 0.15) is 12.4 Å². The molecule has 1 fully saturated rings. The van der Waals surface area contributed by atoms with Crippen LogP contribution in [0.3, 0.4) is 0 Å². The fourth-order valence-corrected chi connectivity index (χ4v) is 5.46. The van der Waals surface area contributed by atoms with Crippen LogP contribution in [0.25, 0.3) is 0 Å². The quantitative estimate of drug-likeness (QED) is 0.670. The Morgan fingerprint density at radius 3 is 2.48 bits per heavy atom. The minimum Gasteiger partial charge on any atom is -0.497 e. The lowest BCUT2D eigenvalue weighted by Gasteiger charge is -2.35. The molecule has 1 unspecified atom stereocenters. The van der Waals surface area contributed by atoms with Gasteiger partial charge in [-0.3, -0.25) is 4.79 Å². The molecule has 1 aliphatic rings. The van der Waals surface area contributed by atoms with E-state index in [4.69, 9.17) is 21.1 Å². The Bertz CT molecular complexity index is 712. The first kappa shape index (κ1) is 20.2. The van der Waals surface area contributed by atoms with Crippen molar-refractivity contribution in [2.24, 2.45) is 0 Å². The maximum Gasteiger partial charge on any atom is 0.247 e. The summed E-state index contributed by atoms with van der Waals surface area (Å²) < 4.78 is 38.5. The van der Waals surface area contributed by atoms with Crippen LogP contribution in [0.1, 0.15) is 30.4 Å². The Hall–Kier alpha value is -1.15. The highest BCUT2D eigenvalue weighted by atomic mass is 35.5. The van der Waals surface area contributed by atoms with Crippen LogP contribution >= 0.6 is 11.6 Å². The zero-order chi connectivity index (χ0) is 18.6. The number of rotatable bonds is 7. The van der Waals surface area contributed by atoms with E-state index in [1.54, 1.807) is 33.1 Å². The van der Waals surface area contributed by atoms with Crippen LogP contribution in [0.15, 0.2) is 17.0 Å². The van der Waals surface area contributed by atoms with Gasteiger partial charge in [0.15, 0.2) is 0 Å². The van der Waals surface area contributed by atoms with Crippen molar-refractivity contribution in [1.29, 1.82) is 0 Å². The van der Waals surface area contributed by atoms with Gasteiger partial charge in [0.2, 0.25) is 15.3 Å². The number of hydrogen-bond acceptors (Lipinski definition) is 5. The smallest absolute Gasteiger partial charge is 0.247 e. The van der Waals surface area contributed by atoms with E-state index in [0.717, 1.165) is 12.8 Å². The van der Waals surface area contributed by atoms with Crippen molar-refractivity contribution >= 4 is 26.9 Å². The van der Waals surface area contributed by atoms with Crippen LogP contribution in [-0.2, 0) is 19.6 Å². The molecule has 1 aromatic carbocycles. The Balaban J connectivity index is 2.31. The highest BCUT2D eigenvalue weighted by Gasteiger charge is 2.35. The summed E-state index contributed by atoms with van der Waals surface area (Å²) in [6, 6.07) is 3.15. The van der Waals surface area contributed by atoms with Gasteiger partial charge in [-0.05, 0) is 61.5 Å². The number of carbonyl (C=O) groups excluding carboxylic acids is 1. The van der Waals surface area contributed by atoms with Crippen LogP contribution in [-0.4, -0.2) is 50.9 Å². The standard InChI is InChI=1S/C17H24ClNO5S/c1-12-8-15(23-3)9-13(2)17(12)25(21,22)19-7-5-4-6-14(19)10-24-11-16(18)20/h8-9,14H,4-7,10-11H2,1-3H3. The highest BCUT2D eigenvalue weighted by Crippen LogP contribution is 2.31. The first-order valence-corrected chi connectivity index (χ1v) is 10.0. The van der Waals surface area contributed by atoms with E-state index < -0.39 is 15.3 Å². The summed E-state index contributed by atoms with van der Waals surface area (Å²) in [7, 11) is -2.11. The van der Waals surface area contributed by atoms with E-state index in [9.17, 15) is 13.2 Å². The van der Waals surface area contributed by atoms with E-state index >= 15 is 0 Å². The largest absolute Gasteiger partial charge is 0.497 e. The van der Waals surface area contributed by atoms with Crippen molar-refractivity contribution in [2.45, 2.75) is 44.0 Å². The van der Waals surface area contributed by atoms with Gasteiger partial charge in [-0.2, -0.15) is 4.31 Å². The Kier molecular flexibility index (Phi) is 6.85. The lowest BCUT2D eigenvalue weighted by molar-refractivity contribution is -0.116. The Morgan fingerprint density at radius 1 is 1.28 bits per heavy atom. The molecule has 25 heavy (non-hydrogen) atoms. The molecule has 1 aliphatic heterocycles. The molecule has 0 radical (unpaired) electrons. The van der Waals surface area contributed by atoms with Gasteiger partial charge in [0.25, 0.3) is 0 Å². The third-order valence-corrected chi connectivity index (χ3v) is 6.70. The third kappa shape index (κ3) is 4.73. The number of piperidine rings is 1. The van der Waals surface area contributed by atoms with Crippen molar-refractivity contribution in [3.8, 4) is 5.75 Å². The molecule has 0 saturated carbocycles. The second kappa shape index (κ2) is 8.49. The fourth-order valence-electron chi connectivity index (χ4n) is 3.28. The molecular formula is C17H24ClNO5S. The van der Waals surface area contributed by atoms with E-state index in [-0.39, 0.29) is 19.3 Å². The minimum absolute atomic E-state index is 0.159. The Morgan fingerprint density at radius 2 is 1.92 bits per heavy atom. The number of nitrogens with zero attached hydrogens (tertiary/aromatic N) is 1. The van der Waals surface area contributed by atoms with Crippen LogP contribution in [0.4, 0.5) is 0 Å². The summed E-state index contributed by atoms with van der Waals surface area (Å²) in [6.45, 7) is 3.92. The summed E-state index contributed by atoms with van der Waals surface area (Å²) in [6.07, 6.45) is 2.43. The molecule has 0 aromatic heterocycles. The minimum atomic E-state index is -3.67. The Labute approximate surface area is 154 Å². The molecule has 2 rings (SSSR count). The number of hydrogen-bond donors (Lipinski definition) is 0. The molecule has 0 amide bonds. The molecule has 8 heteroatoms. The van der Waals surface area contributed by atoms with E-state index in [2.05, 4.69) is 0 Å². The summed E-state index contributed by atoms with van der Waals surface area (Å²) >= 11 is 5.28. The maximum atomic E-state index is 13.3. The number of ether oxygens (including phenoxy) is 2. The van der Waals surface area contributed by atoms with Gasteiger partial charge in [-0.15, -0.1) is 0 Å². The molecule has 0 N–H and O–H groups in total. The fraction of sp³-hybridized carbons (Fsp3) is 0.588. The monoisotopic (exact) mass is 389 g/mol. The molecule has 1 aromatic rings. The lowest BCUT2D eigenvalue weighted by atomic mass is 10.1. The molecular weight excluding hydrogens is 366 g/mol. The summed E-state index contributed by atoms with van der Waals surface area (Å²) in [5.74, 6) is 0.633. The zero-order valence-corrected chi connectivity index (χ0v) is 16.3. The predicted molar refractivity (Wildman–Crippen MR) is 95.7 cm³/mol. The summed E-state index contributed by atoms with van der Waals surface area (Å²) in [4.78, 5) is 11.1. The SMILES string of the molecule is COc1cc(C)c(S(=O)(=O)N2CCCCC2COCC(=O)Cl)c(C)c1. The van der Waals surface area contributed by atoms with E-state index in [1.807, 2.05) is 0 Å². The number of methoxy groups -OCH3 is 1. The highest BCUT2D eigenvalue weighted by molar-refractivity contribution is 7.89. The van der Waals surface area contributed by atoms with Crippen molar-refractivity contribution in [3.05, 3.63) is 23.3 Å². The average molecular weight is 390 g/mol. The maximum absolute atomic E-state index is 13.3. The molecule has 1 heterocycles. The van der Waals surface area contributed by atoms with Crippen molar-refractivity contribution in [3.63, 3.8) is 0 Å². The van der Waals surface area contributed by atoms with Crippen LogP contribution in [0.5, 0.6) is 5.75 Å². The molecule has 1 saturated heterocycles. The second-order valence-corrected chi connectivity index (χ2v) is 8.47. The molecule has 0 bridgehead atoms. The number of sulfonamides is 1. The molecule has 1 atom stereocenters. The second-order valence-electron chi connectivity index (χ2n) is 6.23. The van der Waals surface area contributed by atoms with Gasteiger partial charge in [0, 0.05) is 12.6 Å². The molecule has 0 aliphatic carbocycles. The van der Waals surface area contributed by atoms with Gasteiger partial charge >= 0.3 is 0 Å². The van der Waals surface area contributed by atoms with Crippen LogP contribution < -0.4 is 4.74 Å². The van der Waals surface area contributed by atoms with Crippen molar-refractivity contribution in [1.82, 2.24) is 4.31 Å².